The molecule has 98 valence electrons. The molecule has 0 aliphatic rings. The Morgan fingerprint density at radius 3 is 1.94 bits per heavy atom. The Morgan fingerprint density at radius 1 is 0.938 bits per heavy atom. The molecular formula is C13H31N3. The lowest BCUT2D eigenvalue weighted by Gasteiger charge is -2.25. The molecule has 0 rings (SSSR count). The third-order valence-corrected chi connectivity index (χ3v) is 2.84. The van der Waals surface area contributed by atoms with Crippen molar-refractivity contribution in [2.45, 2.75) is 40.2 Å². The van der Waals surface area contributed by atoms with Crippen molar-refractivity contribution in [2.24, 2.45) is 0 Å². The molecule has 0 aromatic carbocycles. The summed E-state index contributed by atoms with van der Waals surface area (Å²) in [7, 11) is 2.20. The van der Waals surface area contributed by atoms with Crippen LogP contribution in [0.3, 0.4) is 0 Å². The van der Waals surface area contributed by atoms with Gasteiger partial charge < -0.3 is 15.1 Å². The Bertz CT molecular complexity index is 159. The van der Waals surface area contributed by atoms with E-state index < -0.39 is 0 Å². The third-order valence-electron chi connectivity index (χ3n) is 2.84. The highest BCUT2D eigenvalue weighted by Gasteiger charge is 2.08. The van der Waals surface area contributed by atoms with E-state index >= 15 is 0 Å². The Hall–Kier alpha value is -0.120. The van der Waals surface area contributed by atoms with Gasteiger partial charge in [0.05, 0.1) is 0 Å². The summed E-state index contributed by atoms with van der Waals surface area (Å²) in [6, 6.07) is 0. The molecule has 0 spiro atoms. The van der Waals surface area contributed by atoms with Crippen LogP contribution in [-0.4, -0.2) is 61.7 Å². The molecule has 3 nitrogen and oxygen atoms in total. The third kappa shape index (κ3) is 9.13. The minimum absolute atomic E-state index is 0.236. The lowest BCUT2D eigenvalue weighted by Crippen LogP contribution is -2.42. The first kappa shape index (κ1) is 15.9. The fraction of sp³-hybridized carbons (Fsp3) is 1.00. The second-order valence-corrected chi connectivity index (χ2v) is 5.51. The quantitative estimate of drug-likeness (QED) is 0.683. The summed E-state index contributed by atoms with van der Waals surface area (Å²) in [5.41, 5.74) is 0.236. The van der Waals surface area contributed by atoms with Crippen molar-refractivity contribution in [3.8, 4) is 0 Å². The average Bonchev–Trinajstić information content (AvgIpc) is 2.17. The Balaban J connectivity index is 3.55. The van der Waals surface area contributed by atoms with Gasteiger partial charge in [-0.15, -0.1) is 0 Å². The standard InChI is InChI=1S/C13H31N3/c1-7-16(8-2)12-11-15(6)10-9-14-13(3,4)5/h14H,7-12H2,1-6H3. The van der Waals surface area contributed by atoms with Crippen molar-refractivity contribution in [2.75, 3.05) is 46.3 Å². The zero-order valence-electron chi connectivity index (χ0n) is 12.1. The largest absolute Gasteiger partial charge is 0.311 e. The van der Waals surface area contributed by atoms with Gasteiger partial charge in [0, 0.05) is 31.7 Å². The number of rotatable bonds is 8. The molecule has 0 fully saturated rings. The molecule has 0 aliphatic heterocycles. The number of likely N-dealkylation sites (N-methyl/N-ethyl adjacent to an activating group) is 2. The van der Waals surface area contributed by atoms with Gasteiger partial charge in [-0.25, -0.2) is 0 Å². The Morgan fingerprint density at radius 2 is 1.50 bits per heavy atom. The van der Waals surface area contributed by atoms with E-state index in [2.05, 4.69) is 56.8 Å². The van der Waals surface area contributed by atoms with Crippen molar-refractivity contribution in [1.82, 2.24) is 15.1 Å². The van der Waals surface area contributed by atoms with E-state index in [-0.39, 0.29) is 5.54 Å². The summed E-state index contributed by atoms with van der Waals surface area (Å²) in [4.78, 5) is 4.87. The highest BCUT2D eigenvalue weighted by Crippen LogP contribution is 1.97. The molecule has 0 unspecified atom stereocenters. The van der Waals surface area contributed by atoms with Crippen LogP contribution in [0.1, 0.15) is 34.6 Å². The summed E-state index contributed by atoms with van der Waals surface area (Å²) >= 11 is 0. The first-order valence-corrected chi connectivity index (χ1v) is 6.55. The molecule has 0 amide bonds. The fourth-order valence-corrected chi connectivity index (χ4v) is 1.59. The lowest BCUT2D eigenvalue weighted by atomic mass is 10.1. The SMILES string of the molecule is CCN(CC)CCN(C)CCNC(C)(C)C. The van der Waals surface area contributed by atoms with Crippen LogP contribution in [0.2, 0.25) is 0 Å². The van der Waals surface area contributed by atoms with Crippen LogP contribution in [0.25, 0.3) is 0 Å². The second kappa shape index (κ2) is 8.04. The van der Waals surface area contributed by atoms with Crippen LogP contribution in [0.15, 0.2) is 0 Å². The molecule has 0 aromatic rings. The highest BCUT2D eigenvalue weighted by molar-refractivity contribution is 4.71. The molecule has 0 saturated carbocycles. The smallest absolute Gasteiger partial charge is 0.0109 e. The summed E-state index contributed by atoms with van der Waals surface area (Å²) in [5, 5.41) is 3.51. The van der Waals surface area contributed by atoms with Gasteiger partial charge in [0.15, 0.2) is 0 Å². The topological polar surface area (TPSA) is 18.5 Å². The molecule has 0 heterocycles. The van der Waals surface area contributed by atoms with E-state index in [9.17, 15) is 0 Å². The molecule has 0 saturated heterocycles. The van der Waals surface area contributed by atoms with Crippen LogP contribution in [0.5, 0.6) is 0 Å². The van der Waals surface area contributed by atoms with Gasteiger partial charge in [-0.2, -0.15) is 0 Å². The van der Waals surface area contributed by atoms with E-state index in [1.165, 1.54) is 6.54 Å². The van der Waals surface area contributed by atoms with Gasteiger partial charge in [-0.3, -0.25) is 0 Å². The monoisotopic (exact) mass is 229 g/mol. The van der Waals surface area contributed by atoms with Crippen LogP contribution >= 0.6 is 0 Å². The van der Waals surface area contributed by atoms with Crippen molar-refractivity contribution in [1.29, 1.82) is 0 Å². The molecule has 3 heteroatoms. The molecule has 1 N–H and O–H groups in total. The summed E-state index contributed by atoms with van der Waals surface area (Å²) in [6.07, 6.45) is 0. The first-order chi connectivity index (χ1) is 7.39. The number of hydrogen-bond acceptors (Lipinski definition) is 3. The molecule has 0 radical (unpaired) electrons. The van der Waals surface area contributed by atoms with Gasteiger partial charge in [0.25, 0.3) is 0 Å². The minimum Gasteiger partial charge on any atom is -0.311 e. The van der Waals surface area contributed by atoms with Crippen molar-refractivity contribution < 1.29 is 0 Å². The van der Waals surface area contributed by atoms with Crippen LogP contribution in [0, 0.1) is 0 Å². The summed E-state index contributed by atoms with van der Waals surface area (Å²) in [6.45, 7) is 17.9. The lowest BCUT2D eigenvalue weighted by molar-refractivity contribution is 0.236. The zero-order valence-corrected chi connectivity index (χ0v) is 12.1. The van der Waals surface area contributed by atoms with Crippen molar-refractivity contribution in [3.05, 3.63) is 0 Å². The predicted octanol–water partition coefficient (Wildman–Crippen LogP) is 1.65. The number of nitrogens with zero attached hydrogens (tertiary/aromatic N) is 2. The number of hydrogen-bond donors (Lipinski definition) is 1. The average molecular weight is 229 g/mol. The maximum Gasteiger partial charge on any atom is 0.0109 e. The van der Waals surface area contributed by atoms with Gasteiger partial charge in [-0.05, 0) is 40.9 Å². The number of nitrogens with one attached hydrogen (secondary N) is 1. The van der Waals surface area contributed by atoms with E-state index in [0.717, 1.165) is 32.7 Å². The van der Waals surface area contributed by atoms with Crippen LogP contribution < -0.4 is 5.32 Å². The Labute approximate surface area is 102 Å². The molecular weight excluding hydrogens is 198 g/mol. The molecule has 0 atom stereocenters. The zero-order chi connectivity index (χ0) is 12.6. The maximum absolute atomic E-state index is 3.51. The van der Waals surface area contributed by atoms with Crippen LogP contribution in [0.4, 0.5) is 0 Å². The normalized spacial score (nSPS) is 12.8. The fourth-order valence-electron chi connectivity index (χ4n) is 1.59. The first-order valence-electron chi connectivity index (χ1n) is 6.55. The van der Waals surface area contributed by atoms with Crippen molar-refractivity contribution >= 4 is 0 Å². The van der Waals surface area contributed by atoms with Gasteiger partial charge in [0.2, 0.25) is 0 Å². The van der Waals surface area contributed by atoms with Gasteiger partial charge >= 0.3 is 0 Å². The maximum atomic E-state index is 3.51. The predicted molar refractivity (Wildman–Crippen MR) is 73.0 cm³/mol. The van der Waals surface area contributed by atoms with Crippen LogP contribution in [-0.2, 0) is 0 Å². The van der Waals surface area contributed by atoms with E-state index in [1.807, 2.05) is 0 Å². The van der Waals surface area contributed by atoms with E-state index in [4.69, 9.17) is 0 Å². The molecule has 0 aliphatic carbocycles. The van der Waals surface area contributed by atoms with E-state index in [1.54, 1.807) is 0 Å². The minimum atomic E-state index is 0.236. The molecule has 0 aromatic heterocycles. The highest BCUT2D eigenvalue weighted by atomic mass is 15.2. The summed E-state index contributed by atoms with van der Waals surface area (Å²) < 4.78 is 0. The molecule has 16 heavy (non-hydrogen) atoms. The second-order valence-electron chi connectivity index (χ2n) is 5.51. The van der Waals surface area contributed by atoms with Crippen molar-refractivity contribution in [3.63, 3.8) is 0 Å². The van der Waals surface area contributed by atoms with Gasteiger partial charge in [0.1, 0.15) is 0 Å². The van der Waals surface area contributed by atoms with E-state index in [0.29, 0.717) is 0 Å². The Kier molecular flexibility index (Phi) is 7.98. The van der Waals surface area contributed by atoms with Gasteiger partial charge in [-0.1, -0.05) is 13.8 Å². The summed E-state index contributed by atoms with van der Waals surface area (Å²) in [5.74, 6) is 0. The molecule has 0 bridgehead atoms.